The van der Waals surface area contributed by atoms with Crippen LogP contribution in [0.1, 0.15) is 20.3 Å². The third kappa shape index (κ3) is 3.94. The highest BCUT2D eigenvalue weighted by Gasteiger charge is 2.30. The summed E-state index contributed by atoms with van der Waals surface area (Å²) in [6.45, 7) is 2.92. The molecule has 0 saturated heterocycles. The van der Waals surface area contributed by atoms with Gasteiger partial charge in [-0.2, -0.15) is 0 Å². The quantitative estimate of drug-likeness (QED) is 0.859. The number of hydrogen-bond donors (Lipinski definition) is 2. The molecule has 0 aliphatic carbocycles. The Morgan fingerprint density at radius 1 is 1.42 bits per heavy atom. The highest BCUT2D eigenvalue weighted by Crippen LogP contribution is 2.24. The summed E-state index contributed by atoms with van der Waals surface area (Å²) >= 11 is 0. The predicted octanol–water partition coefficient (Wildman–Crippen LogP) is 2.27. The van der Waals surface area contributed by atoms with E-state index in [0.717, 1.165) is 6.07 Å². The fourth-order valence-corrected chi connectivity index (χ4v) is 1.42. The molecule has 0 aliphatic rings. The van der Waals surface area contributed by atoms with E-state index in [0.29, 0.717) is 5.69 Å². The molecule has 19 heavy (non-hydrogen) atoms. The lowest BCUT2D eigenvalue weighted by atomic mass is 9.89. The van der Waals surface area contributed by atoms with Gasteiger partial charge in [0.25, 0.3) is 0 Å². The van der Waals surface area contributed by atoms with Gasteiger partial charge in [-0.15, -0.1) is 0 Å². The molecule has 0 fully saturated rings. The van der Waals surface area contributed by atoms with Crippen molar-refractivity contribution in [2.75, 3.05) is 12.4 Å². The maximum atomic E-state index is 13.2. The van der Waals surface area contributed by atoms with Crippen LogP contribution in [-0.2, 0) is 9.59 Å². The van der Waals surface area contributed by atoms with Crippen LogP contribution >= 0.6 is 0 Å². The number of aliphatic carboxylic acids is 1. The van der Waals surface area contributed by atoms with E-state index in [4.69, 9.17) is 9.84 Å². The molecule has 0 saturated carbocycles. The maximum absolute atomic E-state index is 13.2. The Morgan fingerprint density at radius 2 is 2.05 bits per heavy atom. The lowest BCUT2D eigenvalue weighted by molar-refractivity contribution is -0.148. The zero-order valence-corrected chi connectivity index (χ0v) is 11.0. The van der Waals surface area contributed by atoms with E-state index in [-0.39, 0.29) is 12.2 Å². The topological polar surface area (TPSA) is 75.6 Å². The number of ether oxygens (including phenoxy) is 1. The van der Waals surface area contributed by atoms with Crippen molar-refractivity contribution in [1.29, 1.82) is 0 Å². The van der Waals surface area contributed by atoms with Crippen LogP contribution in [0.15, 0.2) is 18.2 Å². The first-order chi connectivity index (χ1) is 8.76. The van der Waals surface area contributed by atoms with Gasteiger partial charge >= 0.3 is 5.97 Å². The largest absolute Gasteiger partial charge is 0.494 e. The molecule has 1 amide bonds. The van der Waals surface area contributed by atoms with Crippen molar-refractivity contribution in [1.82, 2.24) is 0 Å². The van der Waals surface area contributed by atoms with Gasteiger partial charge in [0.15, 0.2) is 11.6 Å². The summed E-state index contributed by atoms with van der Waals surface area (Å²) < 4.78 is 18.0. The van der Waals surface area contributed by atoms with E-state index < -0.39 is 23.1 Å². The van der Waals surface area contributed by atoms with E-state index in [1.54, 1.807) is 0 Å². The molecule has 0 spiro atoms. The van der Waals surface area contributed by atoms with Gasteiger partial charge in [0.05, 0.1) is 12.5 Å². The lowest BCUT2D eigenvalue weighted by Gasteiger charge is -2.18. The molecule has 0 aromatic heterocycles. The van der Waals surface area contributed by atoms with Crippen molar-refractivity contribution < 1.29 is 23.8 Å². The van der Waals surface area contributed by atoms with Crippen LogP contribution in [0.25, 0.3) is 0 Å². The summed E-state index contributed by atoms with van der Waals surface area (Å²) in [6.07, 6.45) is -0.179. The van der Waals surface area contributed by atoms with E-state index in [9.17, 15) is 14.0 Å². The minimum absolute atomic E-state index is 0.00953. The highest BCUT2D eigenvalue weighted by molar-refractivity contribution is 5.94. The average molecular weight is 269 g/mol. The van der Waals surface area contributed by atoms with Gasteiger partial charge in [-0.25, -0.2) is 4.39 Å². The molecule has 1 aromatic rings. The van der Waals surface area contributed by atoms with Crippen LogP contribution in [-0.4, -0.2) is 24.1 Å². The third-order valence-corrected chi connectivity index (χ3v) is 2.62. The normalized spacial score (nSPS) is 10.9. The fourth-order valence-electron chi connectivity index (χ4n) is 1.42. The molecule has 0 bridgehead atoms. The number of benzene rings is 1. The number of halogens is 1. The van der Waals surface area contributed by atoms with Crippen molar-refractivity contribution in [3.63, 3.8) is 0 Å². The Hall–Kier alpha value is -2.11. The molecule has 104 valence electrons. The molecular weight excluding hydrogens is 253 g/mol. The Bertz CT molecular complexity index is 499. The van der Waals surface area contributed by atoms with Gasteiger partial charge in [0.2, 0.25) is 5.91 Å². The molecule has 1 aromatic carbocycles. The van der Waals surface area contributed by atoms with Crippen LogP contribution in [0.3, 0.4) is 0 Å². The van der Waals surface area contributed by atoms with Gasteiger partial charge < -0.3 is 15.2 Å². The standard InChI is InChI=1S/C13H16FNO4/c1-13(2,12(17)18)7-11(16)15-8-4-5-9(14)10(6-8)19-3/h4-6H,7H2,1-3H3,(H,15,16)(H,17,18). The second kappa shape index (κ2) is 5.69. The van der Waals surface area contributed by atoms with E-state index in [1.165, 1.54) is 33.1 Å². The second-order valence-corrected chi connectivity index (χ2v) is 4.76. The smallest absolute Gasteiger partial charge is 0.309 e. The minimum Gasteiger partial charge on any atom is -0.494 e. The molecule has 0 atom stereocenters. The first-order valence-corrected chi connectivity index (χ1v) is 5.63. The van der Waals surface area contributed by atoms with Crippen LogP contribution in [0, 0.1) is 11.2 Å². The van der Waals surface area contributed by atoms with Crippen LogP contribution in [0.4, 0.5) is 10.1 Å². The zero-order valence-electron chi connectivity index (χ0n) is 11.0. The first kappa shape index (κ1) is 14.9. The molecule has 0 unspecified atom stereocenters. The van der Waals surface area contributed by atoms with E-state index in [2.05, 4.69) is 5.32 Å². The second-order valence-electron chi connectivity index (χ2n) is 4.76. The Morgan fingerprint density at radius 3 is 2.58 bits per heavy atom. The lowest BCUT2D eigenvalue weighted by Crippen LogP contribution is -2.29. The number of carboxylic acids is 1. The van der Waals surface area contributed by atoms with Crippen LogP contribution in [0.2, 0.25) is 0 Å². The minimum atomic E-state index is -1.16. The summed E-state index contributed by atoms with van der Waals surface area (Å²) in [5.41, 5.74) is -0.807. The fraction of sp³-hybridized carbons (Fsp3) is 0.385. The number of amides is 1. The van der Waals surface area contributed by atoms with E-state index >= 15 is 0 Å². The number of hydrogen-bond acceptors (Lipinski definition) is 3. The summed E-state index contributed by atoms with van der Waals surface area (Å²) in [4.78, 5) is 22.6. The molecule has 0 aliphatic heterocycles. The first-order valence-electron chi connectivity index (χ1n) is 5.63. The predicted molar refractivity (Wildman–Crippen MR) is 67.6 cm³/mol. The molecule has 6 heteroatoms. The Balaban J connectivity index is 2.75. The average Bonchev–Trinajstić information content (AvgIpc) is 2.30. The summed E-state index contributed by atoms with van der Waals surface area (Å²) in [5, 5.41) is 11.4. The molecule has 5 nitrogen and oxygen atoms in total. The van der Waals surface area contributed by atoms with Gasteiger partial charge in [0.1, 0.15) is 0 Å². The maximum Gasteiger partial charge on any atom is 0.309 e. The molecular formula is C13H16FNO4. The monoisotopic (exact) mass is 269 g/mol. The summed E-state index contributed by atoms with van der Waals surface area (Å²) in [7, 11) is 1.32. The number of methoxy groups -OCH3 is 1. The van der Waals surface area contributed by atoms with Crippen molar-refractivity contribution in [2.24, 2.45) is 5.41 Å². The number of carboxylic acid groups (broad SMARTS) is 1. The van der Waals surface area contributed by atoms with Crippen molar-refractivity contribution in [3.05, 3.63) is 24.0 Å². The highest BCUT2D eigenvalue weighted by atomic mass is 19.1. The van der Waals surface area contributed by atoms with Crippen molar-refractivity contribution in [2.45, 2.75) is 20.3 Å². The molecule has 2 N–H and O–H groups in total. The summed E-state index contributed by atoms with van der Waals surface area (Å²) in [6, 6.07) is 3.88. The van der Waals surface area contributed by atoms with Crippen molar-refractivity contribution in [3.8, 4) is 5.75 Å². The molecule has 0 radical (unpaired) electrons. The third-order valence-electron chi connectivity index (χ3n) is 2.62. The van der Waals surface area contributed by atoms with Gasteiger partial charge in [-0.1, -0.05) is 0 Å². The summed E-state index contributed by atoms with van der Waals surface area (Å²) in [5.74, 6) is -2.04. The van der Waals surface area contributed by atoms with Crippen LogP contribution < -0.4 is 10.1 Å². The number of carbonyl (C=O) groups excluding carboxylic acids is 1. The van der Waals surface area contributed by atoms with Crippen LogP contribution in [0.5, 0.6) is 5.75 Å². The van der Waals surface area contributed by atoms with Gasteiger partial charge in [0, 0.05) is 18.2 Å². The number of carbonyl (C=O) groups is 2. The Kier molecular flexibility index (Phi) is 4.47. The van der Waals surface area contributed by atoms with Gasteiger partial charge in [-0.3, -0.25) is 9.59 Å². The van der Waals surface area contributed by atoms with E-state index in [1.807, 2.05) is 0 Å². The zero-order chi connectivity index (χ0) is 14.6. The van der Waals surface area contributed by atoms with Crippen molar-refractivity contribution >= 4 is 17.6 Å². The molecule has 1 rings (SSSR count). The number of rotatable bonds is 5. The van der Waals surface area contributed by atoms with Gasteiger partial charge in [-0.05, 0) is 26.0 Å². The SMILES string of the molecule is COc1cc(NC(=O)CC(C)(C)C(=O)O)ccc1F. The Labute approximate surface area is 110 Å². The molecule has 0 heterocycles. The number of anilines is 1. The number of nitrogens with one attached hydrogen (secondary N) is 1.